The quantitative estimate of drug-likeness (QED) is 0.666. The molecule has 3 aromatic rings. The van der Waals surface area contributed by atoms with Crippen molar-refractivity contribution in [1.82, 2.24) is 10.2 Å². The van der Waals surface area contributed by atoms with E-state index in [4.69, 9.17) is 0 Å². The average Bonchev–Trinajstić information content (AvgIpc) is 2.95. The molecule has 0 bridgehead atoms. The van der Waals surface area contributed by atoms with Crippen LogP contribution in [-0.2, 0) is 15.8 Å². The zero-order valence-electron chi connectivity index (χ0n) is 12.7. The topological polar surface area (TPSA) is 72.0 Å². The molecule has 24 heavy (non-hydrogen) atoms. The highest BCUT2D eigenvalue weighted by atomic mass is 79.9. The zero-order chi connectivity index (χ0) is 17.2. The Balaban J connectivity index is 1.75. The van der Waals surface area contributed by atoms with Gasteiger partial charge in [-0.2, -0.15) is 0 Å². The molecule has 0 saturated heterocycles. The fourth-order valence-electron chi connectivity index (χ4n) is 2.09. The second kappa shape index (κ2) is 7.00. The van der Waals surface area contributed by atoms with Crippen LogP contribution in [0.25, 0.3) is 10.6 Å². The van der Waals surface area contributed by atoms with E-state index in [1.165, 1.54) is 11.3 Å². The average molecular weight is 424 g/mol. The summed E-state index contributed by atoms with van der Waals surface area (Å²) in [6.45, 7) is 2.01. The van der Waals surface area contributed by atoms with Gasteiger partial charge in [-0.05, 0) is 24.6 Å². The maximum atomic E-state index is 12.3. The summed E-state index contributed by atoms with van der Waals surface area (Å²) in [6, 6.07) is 15.0. The highest BCUT2D eigenvalue weighted by Crippen LogP contribution is 2.27. The fourth-order valence-corrected chi connectivity index (χ4v) is 4.68. The molecular formula is C16H14BrN3O2S2. The lowest BCUT2D eigenvalue weighted by Gasteiger charge is -2.05. The van der Waals surface area contributed by atoms with Crippen LogP contribution in [0.15, 0.2) is 53.0 Å². The van der Waals surface area contributed by atoms with Gasteiger partial charge in [-0.3, -0.25) is 4.72 Å². The molecular weight excluding hydrogens is 410 g/mol. The standard InChI is InChI=1S/C16H14BrN3O2S2/c1-11-5-7-13(8-6-11)15-18-19-16(23-15)20-24(21,22)10-12-3-2-4-14(17)9-12/h2-9H,10H2,1H3,(H,19,20). The van der Waals surface area contributed by atoms with Crippen molar-refractivity contribution in [3.63, 3.8) is 0 Å². The number of sulfonamides is 1. The van der Waals surface area contributed by atoms with E-state index < -0.39 is 10.0 Å². The second-order valence-corrected chi connectivity index (χ2v) is 8.88. The monoisotopic (exact) mass is 423 g/mol. The van der Waals surface area contributed by atoms with Crippen molar-refractivity contribution in [2.75, 3.05) is 4.72 Å². The van der Waals surface area contributed by atoms with Crippen LogP contribution in [-0.4, -0.2) is 18.6 Å². The van der Waals surface area contributed by atoms with Crippen molar-refractivity contribution >= 4 is 42.4 Å². The van der Waals surface area contributed by atoms with Gasteiger partial charge in [0.1, 0.15) is 5.01 Å². The van der Waals surface area contributed by atoms with E-state index in [-0.39, 0.29) is 10.9 Å². The third-order valence-corrected chi connectivity index (χ3v) is 5.94. The largest absolute Gasteiger partial charge is 0.257 e. The molecule has 1 heterocycles. The van der Waals surface area contributed by atoms with Gasteiger partial charge in [0, 0.05) is 10.0 Å². The molecule has 0 amide bonds. The summed E-state index contributed by atoms with van der Waals surface area (Å²) in [4.78, 5) is 0. The van der Waals surface area contributed by atoms with Gasteiger partial charge in [0.2, 0.25) is 15.2 Å². The van der Waals surface area contributed by atoms with Crippen molar-refractivity contribution < 1.29 is 8.42 Å². The molecule has 0 unspecified atom stereocenters. The van der Waals surface area contributed by atoms with E-state index in [0.29, 0.717) is 10.6 Å². The van der Waals surface area contributed by atoms with Crippen LogP contribution < -0.4 is 4.72 Å². The maximum absolute atomic E-state index is 12.3. The summed E-state index contributed by atoms with van der Waals surface area (Å²) in [7, 11) is -3.54. The lowest BCUT2D eigenvalue weighted by Crippen LogP contribution is -2.14. The summed E-state index contributed by atoms with van der Waals surface area (Å²) in [6.07, 6.45) is 0. The Bertz CT molecular complexity index is 953. The van der Waals surface area contributed by atoms with Crippen LogP contribution in [0.1, 0.15) is 11.1 Å². The summed E-state index contributed by atoms with van der Waals surface area (Å²) in [5.41, 5.74) is 2.76. The van der Waals surface area contributed by atoms with Crippen molar-refractivity contribution in [2.45, 2.75) is 12.7 Å². The molecule has 1 N–H and O–H groups in total. The van der Waals surface area contributed by atoms with E-state index in [1.54, 1.807) is 18.2 Å². The Kier molecular flexibility index (Phi) is 4.98. The molecule has 8 heteroatoms. The Labute approximate surface area is 153 Å². The number of anilines is 1. The molecule has 0 spiro atoms. The van der Waals surface area contributed by atoms with E-state index >= 15 is 0 Å². The molecule has 5 nitrogen and oxygen atoms in total. The van der Waals surface area contributed by atoms with Crippen LogP contribution in [0.4, 0.5) is 5.13 Å². The minimum atomic E-state index is -3.54. The van der Waals surface area contributed by atoms with Gasteiger partial charge in [0.15, 0.2) is 0 Å². The van der Waals surface area contributed by atoms with E-state index in [9.17, 15) is 8.42 Å². The number of halogens is 1. The van der Waals surface area contributed by atoms with Crippen LogP contribution in [0.3, 0.4) is 0 Å². The SMILES string of the molecule is Cc1ccc(-c2nnc(NS(=O)(=O)Cc3cccc(Br)c3)s2)cc1. The van der Waals surface area contributed by atoms with Gasteiger partial charge in [0.05, 0.1) is 5.75 Å². The van der Waals surface area contributed by atoms with Gasteiger partial charge < -0.3 is 0 Å². The molecule has 3 rings (SSSR count). The van der Waals surface area contributed by atoms with Crippen LogP contribution in [0, 0.1) is 6.92 Å². The lowest BCUT2D eigenvalue weighted by atomic mass is 10.2. The van der Waals surface area contributed by atoms with Crippen molar-refractivity contribution in [2.24, 2.45) is 0 Å². The predicted octanol–water partition coefficient (Wildman–Crippen LogP) is 4.22. The first-order chi connectivity index (χ1) is 11.4. The third-order valence-electron chi connectivity index (χ3n) is 3.21. The molecule has 1 aromatic heterocycles. The van der Waals surface area contributed by atoms with Gasteiger partial charge in [-0.1, -0.05) is 69.2 Å². The fraction of sp³-hybridized carbons (Fsp3) is 0.125. The number of rotatable bonds is 5. The third kappa shape index (κ3) is 4.40. The number of hydrogen-bond acceptors (Lipinski definition) is 5. The molecule has 0 radical (unpaired) electrons. The minimum absolute atomic E-state index is 0.119. The normalized spacial score (nSPS) is 11.4. The molecule has 0 saturated carbocycles. The van der Waals surface area contributed by atoms with E-state index in [2.05, 4.69) is 30.8 Å². The summed E-state index contributed by atoms with van der Waals surface area (Å²) in [5, 5.41) is 8.92. The first kappa shape index (κ1) is 17.1. The van der Waals surface area contributed by atoms with Crippen LogP contribution in [0.2, 0.25) is 0 Å². The van der Waals surface area contributed by atoms with E-state index in [0.717, 1.165) is 15.6 Å². The van der Waals surface area contributed by atoms with Crippen molar-refractivity contribution in [3.05, 3.63) is 64.1 Å². The van der Waals surface area contributed by atoms with Crippen LogP contribution >= 0.6 is 27.3 Å². The molecule has 2 aromatic carbocycles. The van der Waals surface area contributed by atoms with Gasteiger partial charge in [-0.15, -0.1) is 10.2 Å². The predicted molar refractivity (Wildman–Crippen MR) is 100 cm³/mol. The van der Waals surface area contributed by atoms with Gasteiger partial charge in [-0.25, -0.2) is 8.42 Å². The maximum Gasteiger partial charge on any atom is 0.238 e. The van der Waals surface area contributed by atoms with Gasteiger partial charge in [0.25, 0.3) is 0 Å². The smallest absolute Gasteiger partial charge is 0.238 e. The molecule has 0 aliphatic heterocycles. The van der Waals surface area contributed by atoms with Crippen molar-refractivity contribution in [1.29, 1.82) is 0 Å². The van der Waals surface area contributed by atoms with E-state index in [1.807, 2.05) is 37.3 Å². The summed E-state index contributed by atoms with van der Waals surface area (Å²) in [5.74, 6) is -0.119. The minimum Gasteiger partial charge on any atom is -0.257 e. The van der Waals surface area contributed by atoms with Crippen molar-refractivity contribution in [3.8, 4) is 10.6 Å². The molecule has 0 aliphatic rings. The Hall–Kier alpha value is -1.77. The lowest BCUT2D eigenvalue weighted by molar-refractivity contribution is 0.600. The summed E-state index contributed by atoms with van der Waals surface area (Å²) < 4.78 is 27.9. The highest BCUT2D eigenvalue weighted by Gasteiger charge is 2.15. The Morgan fingerprint density at radius 2 is 1.88 bits per heavy atom. The Morgan fingerprint density at radius 1 is 1.12 bits per heavy atom. The first-order valence-corrected chi connectivity index (χ1v) is 10.3. The summed E-state index contributed by atoms with van der Waals surface area (Å²) >= 11 is 4.55. The molecule has 0 aliphatic carbocycles. The number of benzene rings is 2. The molecule has 124 valence electrons. The second-order valence-electron chi connectivity index (χ2n) is 5.27. The van der Waals surface area contributed by atoms with Crippen LogP contribution in [0.5, 0.6) is 0 Å². The molecule has 0 fully saturated rings. The highest BCUT2D eigenvalue weighted by molar-refractivity contribution is 9.10. The van der Waals surface area contributed by atoms with Gasteiger partial charge >= 0.3 is 0 Å². The number of aromatic nitrogens is 2. The Morgan fingerprint density at radius 3 is 2.58 bits per heavy atom. The first-order valence-electron chi connectivity index (χ1n) is 7.07. The molecule has 0 atom stereocenters. The zero-order valence-corrected chi connectivity index (χ0v) is 16.0. The number of nitrogens with one attached hydrogen (secondary N) is 1. The number of hydrogen-bond donors (Lipinski definition) is 1. The number of aryl methyl sites for hydroxylation is 1. The number of nitrogens with zero attached hydrogens (tertiary/aromatic N) is 2.